The number of hydrogen-bond acceptors (Lipinski definition) is 2. The van der Waals surface area contributed by atoms with E-state index in [0.29, 0.717) is 0 Å². The highest BCUT2D eigenvalue weighted by Crippen LogP contribution is 2.34. The Labute approximate surface area is 118 Å². The quantitative estimate of drug-likeness (QED) is 0.585. The van der Waals surface area contributed by atoms with Crippen molar-refractivity contribution in [3.05, 3.63) is 22.9 Å². The van der Waals surface area contributed by atoms with E-state index >= 15 is 0 Å². The molecule has 0 N–H and O–H groups in total. The van der Waals surface area contributed by atoms with Crippen LogP contribution in [0.4, 0.5) is 5.69 Å². The largest absolute Gasteiger partial charge is 0.358 e. The van der Waals surface area contributed by atoms with Crippen LogP contribution in [-0.4, -0.2) is 48.7 Å². The molecule has 0 amide bonds. The van der Waals surface area contributed by atoms with Gasteiger partial charge in [0.05, 0.1) is 39.1 Å². The molecule has 1 aromatic heterocycles. The normalized spacial score (nSPS) is 30.3. The summed E-state index contributed by atoms with van der Waals surface area (Å²) >= 11 is 3.40. The van der Waals surface area contributed by atoms with Crippen LogP contribution in [0, 0.1) is 0 Å². The second-order valence-electron chi connectivity index (χ2n) is 6.11. The third-order valence-electron chi connectivity index (χ3n) is 4.90. The summed E-state index contributed by atoms with van der Waals surface area (Å²) in [5, 5.41) is 0. The van der Waals surface area contributed by atoms with Crippen LogP contribution in [0.3, 0.4) is 0 Å². The fourth-order valence-corrected chi connectivity index (χ4v) is 3.74. The van der Waals surface area contributed by atoms with Gasteiger partial charge < -0.3 is 9.38 Å². The number of pyridine rings is 1. The van der Waals surface area contributed by atoms with Gasteiger partial charge in [-0.05, 0) is 34.5 Å². The number of aromatic nitrogens is 1. The number of halogens is 1. The van der Waals surface area contributed by atoms with Crippen LogP contribution in [0.5, 0.6) is 0 Å². The van der Waals surface area contributed by atoms with E-state index in [4.69, 9.17) is 0 Å². The van der Waals surface area contributed by atoms with Gasteiger partial charge in [-0.25, -0.2) is 4.98 Å². The zero-order chi connectivity index (χ0) is 12.8. The van der Waals surface area contributed by atoms with E-state index in [1.54, 1.807) is 0 Å². The molecule has 2 atom stereocenters. The number of hydrogen-bond donors (Lipinski definition) is 0. The summed E-state index contributed by atoms with van der Waals surface area (Å²) in [7, 11) is 4.82. The molecule has 0 radical (unpaired) electrons. The second kappa shape index (κ2) is 4.49. The zero-order valence-corrected chi connectivity index (χ0v) is 12.7. The number of piperazine rings is 1. The van der Waals surface area contributed by atoms with Crippen molar-refractivity contribution < 1.29 is 4.48 Å². The highest BCUT2D eigenvalue weighted by atomic mass is 79.9. The number of quaternary nitrogens is 1. The SMILES string of the molecule is C[N+]1(C)C2CCCC1CN(c1ccc(Br)nc1)C2. The molecular weight excluding hydrogens is 290 g/mol. The van der Waals surface area contributed by atoms with E-state index in [1.165, 1.54) is 42.5 Å². The highest BCUT2D eigenvalue weighted by molar-refractivity contribution is 9.10. The van der Waals surface area contributed by atoms with Gasteiger partial charge in [0.25, 0.3) is 0 Å². The maximum atomic E-state index is 4.35. The third-order valence-corrected chi connectivity index (χ3v) is 5.37. The van der Waals surface area contributed by atoms with Crippen LogP contribution in [0.2, 0.25) is 0 Å². The Bertz CT molecular complexity index is 413. The number of piperidine rings is 1. The molecule has 2 aliphatic rings. The zero-order valence-electron chi connectivity index (χ0n) is 11.1. The van der Waals surface area contributed by atoms with Crippen molar-refractivity contribution in [2.24, 2.45) is 0 Å². The molecule has 98 valence electrons. The number of nitrogens with zero attached hydrogens (tertiary/aromatic N) is 3. The monoisotopic (exact) mass is 310 g/mol. The molecule has 18 heavy (non-hydrogen) atoms. The minimum Gasteiger partial charge on any atom is -0.358 e. The summed E-state index contributed by atoms with van der Waals surface area (Å²) in [5.74, 6) is 0. The first-order chi connectivity index (χ1) is 8.57. The molecule has 0 aliphatic carbocycles. The fourth-order valence-electron chi connectivity index (χ4n) is 3.51. The standard InChI is InChI=1S/C14H21BrN3/c1-18(2)12-4-3-5-13(18)10-17(9-12)11-6-7-14(15)16-8-11/h6-8,12-13H,3-5,9-10H2,1-2H3/q+1. The summed E-state index contributed by atoms with van der Waals surface area (Å²) in [5.41, 5.74) is 1.27. The number of anilines is 1. The Morgan fingerprint density at radius 2 is 1.89 bits per heavy atom. The summed E-state index contributed by atoms with van der Waals surface area (Å²) in [6.45, 7) is 2.35. The maximum absolute atomic E-state index is 4.35. The molecule has 2 saturated heterocycles. The molecule has 3 rings (SSSR count). The van der Waals surface area contributed by atoms with Gasteiger partial charge in [0.15, 0.2) is 0 Å². The third kappa shape index (κ3) is 2.05. The minimum atomic E-state index is 0.779. The summed E-state index contributed by atoms with van der Waals surface area (Å²) in [6.07, 6.45) is 6.13. The number of rotatable bonds is 1. The van der Waals surface area contributed by atoms with E-state index in [2.05, 4.69) is 46.0 Å². The molecule has 2 unspecified atom stereocenters. The molecule has 2 fully saturated rings. The lowest BCUT2D eigenvalue weighted by Gasteiger charge is -2.54. The van der Waals surface area contributed by atoms with E-state index in [1.807, 2.05) is 12.3 Å². The van der Waals surface area contributed by atoms with Crippen LogP contribution in [-0.2, 0) is 0 Å². The van der Waals surface area contributed by atoms with Gasteiger partial charge >= 0.3 is 0 Å². The van der Waals surface area contributed by atoms with Crippen LogP contribution in [0.15, 0.2) is 22.9 Å². The van der Waals surface area contributed by atoms with E-state index < -0.39 is 0 Å². The lowest BCUT2D eigenvalue weighted by molar-refractivity contribution is -0.944. The second-order valence-corrected chi connectivity index (χ2v) is 6.92. The fraction of sp³-hybridized carbons (Fsp3) is 0.643. The molecule has 1 aromatic rings. The summed E-state index contributed by atoms with van der Waals surface area (Å²) in [6, 6.07) is 5.78. The summed E-state index contributed by atoms with van der Waals surface area (Å²) in [4.78, 5) is 6.88. The van der Waals surface area contributed by atoms with Crippen molar-refractivity contribution in [1.82, 2.24) is 4.98 Å². The van der Waals surface area contributed by atoms with Crippen LogP contribution >= 0.6 is 15.9 Å². The Kier molecular flexibility index (Phi) is 3.10. The Morgan fingerprint density at radius 1 is 1.22 bits per heavy atom. The van der Waals surface area contributed by atoms with Gasteiger partial charge in [-0.1, -0.05) is 0 Å². The van der Waals surface area contributed by atoms with Crippen molar-refractivity contribution in [2.75, 3.05) is 32.1 Å². The van der Waals surface area contributed by atoms with Crippen LogP contribution in [0.1, 0.15) is 19.3 Å². The number of likely N-dealkylation sites (N-methyl/N-ethyl adjacent to an activating group) is 1. The van der Waals surface area contributed by atoms with Gasteiger partial charge in [-0.3, -0.25) is 0 Å². The predicted octanol–water partition coefficient (Wildman–Crippen LogP) is 2.66. The molecule has 0 aromatic carbocycles. The van der Waals surface area contributed by atoms with E-state index in [-0.39, 0.29) is 0 Å². The first-order valence-electron chi connectivity index (χ1n) is 6.77. The molecule has 0 saturated carbocycles. The molecule has 3 heterocycles. The smallest absolute Gasteiger partial charge is 0.107 e. The van der Waals surface area contributed by atoms with Crippen molar-refractivity contribution >= 4 is 21.6 Å². The van der Waals surface area contributed by atoms with E-state index in [9.17, 15) is 0 Å². The first kappa shape index (κ1) is 12.4. The van der Waals surface area contributed by atoms with Crippen molar-refractivity contribution in [3.8, 4) is 0 Å². The minimum absolute atomic E-state index is 0.779. The summed E-state index contributed by atoms with van der Waals surface area (Å²) < 4.78 is 2.13. The predicted molar refractivity (Wildman–Crippen MR) is 77.7 cm³/mol. The molecule has 4 heteroatoms. The van der Waals surface area contributed by atoms with Crippen LogP contribution in [0.25, 0.3) is 0 Å². The average Bonchev–Trinajstić information content (AvgIpc) is 2.29. The average molecular weight is 311 g/mol. The lowest BCUT2D eigenvalue weighted by atomic mass is 9.89. The van der Waals surface area contributed by atoms with Gasteiger partial charge in [0.1, 0.15) is 16.7 Å². The van der Waals surface area contributed by atoms with Crippen molar-refractivity contribution in [2.45, 2.75) is 31.3 Å². The van der Waals surface area contributed by atoms with Gasteiger partial charge in [0, 0.05) is 12.8 Å². The van der Waals surface area contributed by atoms with Crippen LogP contribution < -0.4 is 4.90 Å². The van der Waals surface area contributed by atoms with Gasteiger partial charge in [-0.15, -0.1) is 0 Å². The molecule has 2 bridgehead atoms. The molecule has 2 aliphatic heterocycles. The first-order valence-corrected chi connectivity index (χ1v) is 7.56. The maximum Gasteiger partial charge on any atom is 0.107 e. The van der Waals surface area contributed by atoms with Crippen molar-refractivity contribution in [3.63, 3.8) is 0 Å². The lowest BCUT2D eigenvalue weighted by Crippen LogP contribution is -2.68. The topological polar surface area (TPSA) is 16.1 Å². The van der Waals surface area contributed by atoms with Gasteiger partial charge in [-0.2, -0.15) is 0 Å². The van der Waals surface area contributed by atoms with E-state index in [0.717, 1.165) is 16.7 Å². The Morgan fingerprint density at radius 3 is 2.44 bits per heavy atom. The Hall–Kier alpha value is -0.610. The molecule has 0 spiro atoms. The molecule has 3 nitrogen and oxygen atoms in total. The highest BCUT2D eigenvalue weighted by Gasteiger charge is 2.45. The molecular formula is C14H21BrN3+. The number of fused-ring (bicyclic) bond motifs is 2. The van der Waals surface area contributed by atoms with Gasteiger partial charge in [0.2, 0.25) is 0 Å². The van der Waals surface area contributed by atoms with Crippen molar-refractivity contribution in [1.29, 1.82) is 0 Å². The Balaban J connectivity index is 1.83.